The Hall–Kier alpha value is -1.79. The van der Waals surface area contributed by atoms with Gasteiger partial charge in [0.15, 0.2) is 0 Å². The molecule has 2 atom stereocenters. The molecule has 0 aromatic carbocycles. The van der Waals surface area contributed by atoms with Crippen LogP contribution in [-0.4, -0.2) is 53.1 Å². The molecule has 1 fully saturated rings. The Morgan fingerprint density at radius 1 is 1.44 bits per heavy atom. The standard InChI is InChI=1S/C11H19N3O4/c1-3-12-9(15)7(2)13-11(18)14-6-4-5-8(14)10(16)17/h7-8H,3-6H2,1-2H3,(H,12,15)(H,13,18)(H,16,17). The van der Waals surface area contributed by atoms with Gasteiger partial charge in [-0.3, -0.25) is 4.79 Å². The van der Waals surface area contributed by atoms with E-state index < -0.39 is 24.1 Å². The smallest absolute Gasteiger partial charge is 0.326 e. The first-order valence-corrected chi connectivity index (χ1v) is 6.05. The minimum Gasteiger partial charge on any atom is -0.480 e. The molecular weight excluding hydrogens is 238 g/mol. The fraction of sp³-hybridized carbons (Fsp3) is 0.727. The highest BCUT2D eigenvalue weighted by molar-refractivity contribution is 5.88. The van der Waals surface area contributed by atoms with Crippen molar-refractivity contribution < 1.29 is 19.5 Å². The number of carboxylic acids is 1. The highest BCUT2D eigenvalue weighted by Gasteiger charge is 2.34. The van der Waals surface area contributed by atoms with Crippen molar-refractivity contribution in [3.8, 4) is 0 Å². The van der Waals surface area contributed by atoms with Gasteiger partial charge in [0.1, 0.15) is 12.1 Å². The topological polar surface area (TPSA) is 98.7 Å². The number of rotatable bonds is 4. The van der Waals surface area contributed by atoms with Gasteiger partial charge in [-0.2, -0.15) is 0 Å². The lowest BCUT2D eigenvalue weighted by atomic mass is 10.2. The van der Waals surface area contributed by atoms with Gasteiger partial charge in [-0.1, -0.05) is 0 Å². The number of carbonyl (C=O) groups is 3. The summed E-state index contributed by atoms with van der Waals surface area (Å²) < 4.78 is 0. The maximum absolute atomic E-state index is 11.9. The highest BCUT2D eigenvalue weighted by atomic mass is 16.4. The average molecular weight is 257 g/mol. The summed E-state index contributed by atoms with van der Waals surface area (Å²) >= 11 is 0. The third-order valence-corrected chi connectivity index (χ3v) is 2.88. The van der Waals surface area contributed by atoms with Crippen molar-refractivity contribution in [2.75, 3.05) is 13.1 Å². The van der Waals surface area contributed by atoms with E-state index in [2.05, 4.69) is 10.6 Å². The van der Waals surface area contributed by atoms with Crippen molar-refractivity contribution in [3.05, 3.63) is 0 Å². The average Bonchev–Trinajstić information content (AvgIpc) is 2.78. The fourth-order valence-electron chi connectivity index (χ4n) is 1.93. The van der Waals surface area contributed by atoms with Crippen LogP contribution in [0.1, 0.15) is 26.7 Å². The number of amides is 3. The molecule has 7 nitrogen and oxygen atoms in total. The van der Waals surface area contributed by atoms with Gasteiger partial charge in [0.2, 0.25) is 5.91 Å². The molecule has 3 N–H and O–H groups in total. The molecule has 1 aliphatic rings. The van der Waals surface area contributed by atoms with Crippen LogP contribution in [0.2, 0.25) is 0 Å². The molecule has 1 aliphatic heterocycles. The van der Waals surface area contributed by atoms with Gasteiger partial charge in [-0.15, -0.1) is 0 Å². The van der Waals surface area contributed by atoms with Gasteiger partial charge in [0.25, 0.3) is 0 Å². The van der Waals surface area contributed by atoms with Gasteiger partial charge in [0.05, 0.1) is 0 Å². The Morgan fingerprint density at radius 3 is 2.67 bits per heavy atom. The zero-order valence-corrected chi connectivity index (χ0v) is 10.6. The maximum atomic E-state index is 11.9. The molecule has 1 heterocycles. The van der Waals surface area contributed by atoms with E-state index in [0.29, 0.717) is 25.9 Å². The van der Waals surface area contributed by atoms with Crippen molar-refractivity contribution in [3.63, 3.8) is 0 Å². The number of aliphatic carboxylic acids is 1. The summed E-state index contributed by atoms with van der Waals surface area (Å²) in [5.41, 5.74) is 0. The van der Waals surface area contributed by atoms with Crippen LogP contribution < -0.4 is 10.6 Å². The molecule has 18 heavy (non-hydrogen) atoms. The van der Waals surface area contributed by atoms with E-state index in [9.17, 15) is 14.4 Å². The van der Waals surface area contributed by atoms with Crippen molar-refractivity contribution in [1.82, 2.24) is 15.5 Å². The molecule has 0 saturated carbocycles. The van der Waals surface area contributed by atoms with E-state index in [-0.39, 0.29) is 5.91 Å². The molecule has 0 aromatic heterocycles. The Bertz CT molecular complexity index is 345. The van der Waals surface area contributed by atoms with Gasteiger partial charge in [0, 0.05) is 13.1 Å². The molecule has 0 aliphatic carbocycles. The number of carboxylic acid groups (broad SMARTS) is 1. The molecule has 7 heteroatoms. The molecular formula is C11H19N3O4. The van der Waals surface area contributed by atoms with Gasteiger partial charge >= 0.3 is 12.0 Å². The van der Waals surface area contributed by atoms with E-state index in [0.717, 1.165) is 0 Å². The third-order valence-electron chi connectivity index (χ3n) is 2.88. The second-order valence-electron chi connectivity index (χ2n) is 4.26. The van der Waals surface area contributed by atoms with Gasteiger partial charge in [-0.05, 0) is 26.7 Å². The summed E-state index contributed by atoms with van der Waals surface area (Å²) in [7, 11) is 0. The number of nitrogens with one attached hydrogen (secondary N) is 2. The summed E-state index contributed by atoms with van der Waals surface area (Å²) in [6, 6.07) is -1.96. The summed E-state index contributed by atoms with van der Waals surface area (Å²) in [5, 5.41) is 14.0. The van der Waals surface area contributed by atoms with Crippen LogP contribution in [0.5, 0.6) is 0 Å². The molecule has 102 valence electrons. The molecule has 2 unspecified atom stereocenters. The SMILES string of the molecule is CCNC(=O)C(C)NC(=O)N1CCCC1C(=O)O. The van der Waals surface area contributed by atoms with Crippen molar-refractivity contribution >= 4 is 17.9 Å². The third kappa shape index (κ3) is 3.35. The lowest BCUT2D eigenvalue weighted by Gasteiger charge is -2.23. The number of carbonyl (C=O) groups excluding carboxylic acids is 2. The normalized spacial score (nSPS) is 20.3. The van der Waals surface area contributed by atoms with E-state index in [1.807, 2.05) is 0 Å². The summed E-state index contributed by atoms with van der Waals surface area (Å²) in [6.45, 7) is 4.24. The maximum Gasteiger partial charge on any atom is 0.326 e. The van der Waals surface area contributed by atoms with Crippen LogP contribution in [0.3, 0.4) is 0 Å². The first-order valence-electron chi connectivity index (χ1n) is 6.05. The fourth-order valence-corrected chi connectivity index (χ4v) is 1.93. The minimum absolute atomic E-state index is 0.281. The van der Waals surface area contributed by atoms with Crippen molar-refractivity contribution in [2.45, 2.75) is 38.8 Å². The number of urea groups is 1. The summed E-state index contributed by atoms with van der Waals surface area (Å²) in [5.74, 6) is -1.29. The minimum atomic E-state index is -1.01. The summed E-state index contributed by atoms with van der Waals surface area (Å²) in [6.07, 6.45) is 1.12. The largest absolute Gasteiger partial charge is 0.480 e. The number of hydrogen-bond acceptors (Lipinski definition) is 3. The van der Waals surface area contributed by atoms with Gasteiger partial charge < -0.3 is 20.6 Å². The zero-order valence-electron chi connectivity index (χ0n) is 10.6. The lowest BCUT2D eigenvalue weighted by molar-refractivity contribution is -0.141. The number of likely N-dealkylation sites (N-methyl/N-ethyl adjacent to an activating group) is 1. The molecule has 0 bridgehead atoms. The van der Waals surface area contributed by atoms with Crippen LogP contribution in [-0.2, 0) is 9.59 Å². The Labute approximate surface area is 106 Å². The van der Waals surface area contributed by atoms with Crippen molar-refractivity contribution in [1.29, 1.82) is 0 Å². The monoisotopic (exact) mass is 257 g/mol. The van der Waals surface area contributed by atoms with Crippen LogP contribution in [0.15, 0.2) is 0 Å². The number of hydrogen-bond donors (Lipinski definition) is 3. The predicted octanol–water partition coefficient (Wildman–Crippen LogP) is -0.230. The first-order chi connectivity index (χ1) is 8.47. The Morgan fingerprint density at radius 2 is 2.11 bits per heavy atom. The molecule has 0 aromatic rings. The predicted molar refractivity (Wildman–Crippen MR) is 64.0 cm³/mol. The second kappa shape index (κ2) is 6.23. The number of nitrogens with zero attached hydrogens (tertiary/aromatic N) is 1. The molecule has 0 radical (unpaired) electrons. The highest BCUT2D eigenvalue weighted by Crippen LogP contribution is 2.17. The van der Waals surface area contributed by atoms with E-state index >= 15 is 0 Å². The zero-order chi connectivity index (χ0) is 13.7. The van der Waals surface area contributed by atoms with E-state index in [1.54, 1.807) is 13.8 Å². The Kier molecular flexibility index (Phi) is 4.94. The lowest BCUT2D eigenvalue weighted by Crippen LogP contribution is -2.52. The van der Waals surface area contributed by atoms with E-state index in [4.69, 9.17) is 5.11 Å². The molecule has 3 amide bonds. The van der Waals surface area contributed by atoms with Crippen LogP contribution in [0.25, 0.3) is 0 Å². The second-order valence-corrected chi connectivity index (χ2v) is 4.26. The quantitative estimate of drug-likeness (QED) is 0.647. The molecule has 0 spiro atoms. The van der Waals surface area contributed by atoms with E-state index in [1.165, 1.54) is 4.90 Å². The molecule has 1 saturated heterocycles. The first kappa shape index (κ1) is 14.3. The van der Waals surface area contributed by atoms with Crippen molar-refractivity contribution in [2.24, 2.45) is 0 Å². The van der Waals surface area contributed by atoms with Crippen LogP contribution in [0.4, 0.5) is 4.79 Å². The Balaban J connectivity index is 2.54. The van der Waals surface area contributed by atoms with Gasteiger partial charge in [-0.25, -0.2) is 9.59 Å². The number of likely N-dealkylation sites (tertiary alicyclic amines) is 1. The molecule has 1 rings (SSSR count). The van der Waals surface area contributed by atoms with Crippen LogP contribution in [0, 0.1) is 0 Å². The summed E-state index contributed by atoms with van der Waals surface area (Å²) in [4.78, 5) is 35.5. The van der Waals surface area contributed by atoms with Crippen LogP contribution >= 0.6 is 0 Å².